The van der Waals surface area contributed by atoms with Crippen LogP contribution in [0.25, 0.3) is 0 Å². The highest BCUT2D eigenvalue weighted by molar-refractivity contribution is 7.99. The van der Waals surface area contributed by atoms with Crippen LogP contribution in [0.1, 0.15) is 39.0 Å². The molecule has 3 aliphatic rings. The van der Waals surface area contributed by atoms with E-state index in [0.29, 0.717) is 0 Å². The van der Waals surface area contributed by atoms with Gasteiger partial charge in [-0.2, -0.15) is 11.8 Å². The Morgan fingerprint density at radius 3 is 2.78 bits per heavy atom. The second-order valence-corrected chi connectivity index (χ2v) is 9.32. The molecule has 0 aromatic rings. The van der Waals surface area contributed by atoms with Crippen LogP contribution in [-0.4, -0.2) is 98.4 Å². The van der Waals surface area contributed by atoms with Gasteiger partial charge in [0.25, 0.3) is 0 Å². The summed E-state index contributed by atoms with van der Waals surface area (Å²) in [5.41, 5.74) is 0.259. The highest BCUT2D eigenvalue weighted by Crippen LogP contribution is 2.33. The summed E-state index contributed by atoms with van der Waals surface area (Å²) in [4.78, 5) is 9.75. The minimum absolute atomic E-state index is 0.259. The highest BCUT2D eigenvalue weighted by Gasteiger charge is 2.40. The average molecular weight is 398 g/mol. The molecule has 0 bridgehead atoms. The summed E-state index contributed by atoms with van der Waals surface area (Å²) >= 11 is 2.08. The van der Waals surface area contributed by atoms with Crippen LogP contribution < -0.4 is 10.6 Å². The molecule has 2 N–H and O–H groups in total. The smallest absolute Gasteiger partial charge is 0.191 e. The van der Waals surface area contributed by atoms with Gasteiger partial charge in [0.15, 0.2) is 5.96 Å². The van der Waals surface area contributed by atoms with Crippen LogP contribution in [-0.2, 0) is 4.74 Å². The lowest BCUT2D eigenvalue weighted by Gasteiger charge is -2.43. The summed E-state index contributed by atoms with van der Waals surface area (Å²) < 4.78 is 5.57. The number of hydrogen-bond donors (Lipinski definition) is 2. The van der Waals surface area contributed by atoms with Crippen molar-refractivity contribution in [3.05, 3.63) is 0 Å². The lowest BCUT2D eigenvalue weighted by atomic mass is 9.95. The fourth-order valence-corrected chi connectivity index (χ4v) is 6.06. The minimum atomic E-state index is 0.259. The van der Waals surface area contributed by atoms with E-state index in [9.17, 15) is 0 Å². The molecular weight excluding hydrogens is 358 g/mol. The first kappa shape index (κ1) is 21.2. The van der Waals surface area contributed by atoms with Gasteiger partial charge in [0.2, 0.25) is 0 Å². The Balaban J connectivity index is 1.40. The monoisotopic (exact) mass is 397 g/mol. The molecule has 3 fully saturated rings. The zero-order valence-corrected chi connectivity index (χ0v) is 18.2. The molecule has 0 aliphatic carbocycles. The topological polar surface area (TPSA) is 52.1 Å². The first-order valence-electron chi connectivity index (χ1n) is 10.8. The summed E-state index contributed by atoms with van der Waals surface area (Å²) in [6, 6.07) is 0.754. The van der Waals surface area contributed by atoms with Crippen molar-refractivity contribution in [3.8, 4) is 0 Å². The maximum absolute atomic E-state index is 5.57. The molecule has 3 aliphatic heterocycles. The van der Waals surface area contributed by atoms with E-state index in [0.717, 1.165) is 51.4 Å². The maximum Gasteiger partial charge on any atom is 0.191 e. The molecule has 0 aromatic carbocycles. The van der Waals surface area contributed by atoms with Gasteiger partial charge >= 0.3 is 0 Å². The van der Waals surface area contributed by atoms with Crippen molar-refractivity contribution >= 4 is 17.7 Å². The van der Waals surface area contributed by atoms with Crippen molar-refractivity contribution < 1.29 is 4.74 Å². The lowest BCUT2D eigenvalue weighted by molar-refractivity contribution is -0.0120. The van der Waals surface area contributed by atoms with Gasteiger partial charge in [-0.05, 0) is 44.9 Å². The first-order valence-corrected chi connectivity index (χ1v) is 12.0. The van der Waals surface area contributed by atoms with Gasteiger partial charge in [-0.15, -0.1) is 0 Å². The number of morpholine rings is 1. The van der Waals surface area contributed by atoms with Crippen LogP contribution >= 0.6 is 11.8 Å². The summed E-state index contributed by atoms with van der Waals surface area (Å²) in [5, 5.41) is 7.16. The van der Waals surface area contributed by atoms with Crippen molar-refractivity contribution in [2.24, 2.45) is 4.99 Å². The van der Waals surface area contributed by atoms with Crippen LogP contribution in [0.5, 0.6) is 0 Å². The number of guanidine groups is 1. The van der Waals surface area contributed by atoms with Gasteiger partial charge in [0.05, 0.1) is 13.2 Å². The summed E-state index contributed by atoms with van der Waals surface area (Å²) in [7, 11) is 1.88. The standard InChI is InChI=1S/C20H39N5OS/c1-18-6-3-4-9-24(18)10-5-8-22-19(21-2)23-16-20(7-15-27-17-20)25-11-13-26-14-12-25/h18H,3-17H2,1-2H3,(H2,21,22,23). The zero-order valence-electron chi connectivity index (χ0n) is 17.3. The molecule has 0 amide bonds. The zero-order chi connectivity index (χ0) is 19.0. The van der Waals surface area contributed by atoms with Gasteiger partial charge in [-0.1, -0.05) is 6.42 Å². The number of nitrogens with one attached hydrogen (secondary N) is 2. The Morgan fingerprint density at radius 2 is 2.07 bits per heavy atom. The fraction of sp³-hybridized carbons (Fsp3) is 0.950. The normalized spacial score (nSPS) is 31.2. The van der Waals surface area contributed by atoms with E-state index in [4.69, 9.17) is 4.74 Å². The highest BCUT2D eigenvalue weighted by atomic mass is 32.2. The Labute approximate surface area is 169 Å². The molecule has 7 heteroatoms. The minimum Gasteiger partial charge on any atom is -0.379 e. The average Bonchev–Trinajstić information content (AvgIpc) is 3.19. The van der Waals surface area contributed by atoms with E-state index in [1.807, 2.05) is 7.05 Å². The molecule has 27 heavy (non-hydrogen) atoms. The molecule has 6 nitrogen and oxygen atoms in total. The van der Waals surface area contributed by atoms with Gasteiger partial charge < -0.3 is 20.3 Å². The summed E-state index contributed by atoms with van der Waals surface area (Å²) in [6.07, 6.45) is 6.56. The van der Waals surface area contributed by atoms with E-state index >= 15 is 0 Å². The quantitative estimate of drug-likeness (QED) is 0.387. The Morgan fingerprint density at radius 1 is 1.22 bits per heavy atom. The molecule has 0 aromatic heterocycles. The van der Waals surface area contributed by atoms with Gasteiger partial charge in [-0.25, -0.2) is 0 Å². The summed E-state index contributed by atoms with van der Waals surface area (Å²) in [6.45, 7) is 10.7. The van der Waals surface area contributed by atoms with E-state index in [2.05, 4.69) is 44.1 Å². The largest absolute Gasteiger partial charge is 0.379 e. The fourth-order valence-electron chi connectivity index (χ4n) is 4.58. The molecule has 0 spiro atoms. The number of hydrogen-bond acceptors (Lipinski definition) is 5. The molecule has 156 valence electrons. The maximum atomic E-state index is 5.57. The molecule has 3 rings (SSSR count). The van der Waals surface area contributed by atoms with Gasteiger partial charge in [0, 0.05) is 57.1 Å². The van der Waals surface area contributed by atoms with Gasteiger partial charge in [0.1, 0.15) is 0 Å². The predicted octanol–water partition coefficient (Wildman–Crippen LogP) is 1.62. The Bertz CT molecular complexity index is 463. The predicted molar refractivity (Wildman–Crippen MR) is 116 cm³/mol. The molecule has 0 radical (unpaired) electrons. The second kappa shape index (κ2) is 10.9. The van der Waals surface area contributed by atoms with E-state index < -0.39 is 0 Å². The molecule has 3 saturated heterocycles. The van der Waals surface area contributed by atoms with Crippen molar-refractivity contribution in [1.82, 2.24) is 20.4 Å². The van der Waals surface area contributed by atoms with E-state index in [1.54, 1.807) is 0 Å². The van der Waals surface area contributed by atoms with Crippen LogP contribution in [0.2, 0.25) is 0 Å². The van der Waals surface area contributed by atoms with E-state index in [-0.39, 0.29) is 5.54 Å². The Hall–Kier alpha value is -0.500. The number of ether oxygens (including phenoxy) is 1. The Kier molecular flexibility index (Phi) is 8.55. The number of piperidine rings is 1. The first-order chi connectivity index (χ1) is 13.2. The van der Waals surface area contributed by atoms with E-state index in [1.165, 1.54) is 56.7 Å². The second-order valence-electron chi connectivity index (χ2n) is 8.21. The number of rotatable bonds is 7. The molecule has 2 unspecified atom stereocenters. The van der Waals surface area contributed by atoms with Crippen molar-refractivity contribution in [2.45, 2.75) is 50.6 Å². The lowest BCUT2D eigenvalue weighted by Crippen LogP contribution is -2.60. The number of thioether (sulfide) groups is 1. The number of aliphatic imine (C=N–C) groups is 1. The summed E-state index contributed by atoms with van der Waals surface area (Å²) in [5.74, 6) is 3.43. The third kappa shape index (κ3) is 5.99. The number of likely N-dealkylation sites (tertiary alicyclic amines) is 1. The van der Waals surface area contributed by atoms with Crippen LogP contribution in [0, 0.1) is 0 Å². The van der Waals surface area contributed by atoms with Crippen molar-refractivity contribution in [2.75, 3.05) is 71.0 Å². The van der Waals surface area contributed by atoms with Crippen LogP contribution in [0.4, 0.5) is 0 Å². The third-order valence-electron chi connectivity index (χ3n) is 6.43. The van der Waals surface area contributed by atoms with Gasteiger partial charge in [-0.3, -0.25) is 9.89 Å². The number of nitrogens with zero attached hydrogens (tertiary/aromatic N) is 3. The molecule has 0 saturated carbocycles. The SMILES string of the molecule is CN=C(NCCCN1CCCCC1C)NCC1(N2CCOCC2)CCSC1. The van der Waals surface area contributed by atoms with Crippen LogP contribution in [0.15, 0.2) is 4.99 Å². The van der Waals surface area contributed by atoms with Crippen molar-refractivity contribution in [1.29, 1.82) is 0 Å². The molecule has 2 atom stereocenters. The van der Waals surface area contributed by atoms with Crippen molar-refractivity contribution in [3.63, 3.8) is 0 Å². The third-order valence-corrected chi connectivity index (χ3v) is 7.66. The molecule has 3 heterocycles. The van der Waals surface area contributed by atoms with Crippen LogP contribution in [0.3, 0.4) is 0 Å². The molecular formula is C20H39N5OS.